The van der Waals surface area contributed by atoms with E-state index in [-0.39, 0.29) is 29.1 Å². The average Bonchev–Trinajstić information content (AvgIpc) is 3.94. The Morgan fingerprint density at radius 1 is 1.02 bits per heavy atom. The number of nitrogens with two attached hydrogens (primary N) is 1. The van der Waals surface area contributed by atoms with Crippen molar-refractivity contribution in [2.45, 2.75) is 78.8 Å². The normalized spacial score (nSPS) is 12.4. The van der Waals surface area contributed by atoms with Crippen molar-refractivity contribution in [3.8, 4) is 11.3 Å². The number of nitrogens with zero attached hydrogens (tertiary/aromatic N) is 2. The fraction of sp³-hybridized carbons (Fsp3) is 0.389. The van der Waals surface area contributed by atoms with Gasteiger partial charge in [-0.15, -0.1) is 0 Å². The number of carbonyl (C=O) groups excluding carboxylic acids is 2. The smallest absolute Gasteiger partial charge is 0.412 e. The number of fused-ring (bicyclic) bond motifs is 2. The minimum Gasteiger partial charge on any atom is -0.412 e. The number of hydrogen-bond acceptors (Lipinski definition) is 4. The van der Waals surface area contributed by atoms with Gasteiger partial charge < -0.3 is 16.5 Å². The molecule has 2 aromatic heterocycles. The summed E-state index contributed by atoms with van der Waals surface area (Å²) in [6, 6.07) is 13.6. The number of primary amides is 1. The van der Waals surface area contributed by atoms with Gasteiger partial charge in [-0.1, -0.05) is 58.9 Å². The highest BCUT2D eigenvalue weighted by molar-refractivity contribution is 5.99. The van der Waals surface area contributed by atoms with Crippen LogP contribution >= 0.6 is 0 Å². The number of carbonyl (C=O) groups is 2. The second-order valence-electron chi connectivity index (χ2n) is 11.4. The molecule has 0 spiro atoms. The van der Waals surface area contributed by atoms with Crippen LogP contribution < -0.4 is 11.1 Å². The van der Waals surface area contributed by atoms with Crippen molar-refractivity contribution in [3.05, 3.63) is 94.1 Å². The Morgan fingerprint density at radius 2 is 1.66 bits per heavy atom. The van der Waals surface area contributed by atoms with E-state index in [1.165, 1.54) is 68.0 Å². The molecule has 0 aliphatic heterocycles. The van der Waals surface area contributed by atoms with Gasteiger partial charge in [-0.25, -0.2) is 9.37 Å². The van der Waals surface area contributed by atoms with E-state index in [1.807, 2.05) is 6.07 Å². The van der Waals surface area contributed by atoms with E-state index in [1.54, 1.807) is 19.1 Å². The summed E-state index contributed by atoms with van der Waals surface area (Å²) in [7, 11) is 0. The van der Waals surface area contributed by atoms with Gasteiger partial charge in [0.1, 0.15) is 11.5 Å². The number of aryl methyl sites for hydroxylation is 1. The molecular weight excluding hydrogens is 612 g/mol. The van der Waals surface area contributed by atoms with Crippen molar-refractivity contribution in [2.75, 3.05) is 6.54 Å². The Balaban J connectivity index is 0.000000506. The zero-order chi connectivity index (χ0) is 33.9. The summed E-state index contributed by atoms with van der Waals surface area (Å²) >= 11 is 0. The van der Waals surface area contributed by atoms with E-state index in [4.69, 9.17) is 9.78 Å². The number of rotatable bonds is 7. The minimum atomic E-state index is -4.53. The number of alkyl halides is 3. The maximum atomic E-state index is 13.2. The van der Waals surface area contributed by atoms with Gasteiger partial charge in [-0.3, -0.25) is 14.6 Å². The maximum absolute atomic E-state index is 13.2. The molecule has 2 aliphatic carbocycles. The summed E-state index contributed by atoms with van der Waals surface area (Å²) in [5.41, 5.74) is 9.15. The topological polar surface area (TPSA) is 129 Å². The lowest BCUT2D eigenvalue weighted by Gasteiger charge is -2.11. The molecule has 0 atom stereocenters. The van der Waals surface area contributed by atoms with Crippen molar-refractivity contribution in [1.29, 1.82) is 0 Å². The van der Waals surface area contributed by atoms with Crippen LogP contribution in [0.4, 0.5) is 17.6 Å². The van der Waals surface area contributed by atoms with Crippen molar-refractivity contribution < 1.29 is 32.6 Å². The standard InChI is InChI=1S/C26H19F4N3O.C6H12.C3H8.CH3NO.H2O/c1-14-10-18(11-16-4-7-22(26(28,29)30)33-23(14)16)25(34)31-9-8-20-12-17-13-21(17)24(32-20)15-2-5-19(27)6-3-15;1-2-3-6-4-5-6;1-3-2;2-1-3;/h2-7,10-12H,8-9,13H2,1H3,(H,31,34);6H,2-5H2,1H3;3H2,1-2H3;1H,(H2,2,3);1H2. The number of hydrogen-bond donors (Lipinski definition) is 2. The second-order valence-corrected chi connectivity index (χ2v) is 11.4. The molecule has 11 heteroatoms. The quantitative estimate of drug-likeness (QED) is 0.139. The van der Waals surface area contributed by atoms with Gasteiger partial charge in [0, 0.05) is 41.6 Å². The SMILES string of the molecule is CCC.CCCC1CC1.Cc1cc(C(=O)NCCc2cc3c(c(-c4ccc(F)cc4)n2)C3)cc2ccc(C(F)(F)F)nc12.NC=O.O. The van der Waals surface area contributed by atoms with Gasteiger partial charge >= 0.3 is 6.18 Å². The summed E-state index contributed by atoms with van der Waals surface area (Å²) in [4.78, 5) is 29.7. The van der Waals surface area contributed by atoms with E-state index in [9.17, 15) is 22.4 Å². The van der Waals surface area contributed by atoms with Crippen LogP contribution in [0.5, 0.6) is 0 Å². The van der Waals surface area contributed by atoms with E-state index >= 15 is 0 Å². The fourth-order valence-corrected chi connectivity index (χ4v) is 4.86. The molecule has 1 saturated carbocycles. The monoisotopic (exact) mass is 656 g/mol. The Hall–Kier alpha value is -4.38. The van der Waals surface area contributed by atoms with Gasteiger partial charge in [-0.05, 0) is 78.1 Å². The predicted molar refractivity (Wildman–Crippen MR) is 177 cm³/mol. The molecule has 4 aromatic rings. The highest BCUT2D eigenvalue weighted by atomic mass is 19.4. The lowest BCUT2D eigenvalue weighted by Crippen LogP contribution is -2.26. The third-order valence-electron chi connectivity index (χ3n) is 7.23. The Morgan fingerprint density at radius 3 is 2.21 bits per heavy atom. The predicted octanol–water partition coefficient (Wildman–Crippen LogP) is 7.53. The molecule has 2 heterocycles. The van der Waals surface area contributed by atoms with Crippen LogP contribution in [0.3, 0.4) is 0 Å². The molecule has 254 valence electrons. The summed E-state index contributed by atoms with van der Waals surface area (Å²) in [5.74, 6) is 0.523. The van der Waals surface area contributed by atoms with E-state index < -0.39 is 11.9 Å². The lowest BCUT2D eigenvalue weighted by atomic mass is 10.0. The molecule has 0 unspecified atom stereocenters. The van der Waals surface area contributed by atoms with Gasteiger partial charge in [-0.2, -0.15) is 13.2 Å². The zero-order valence-electron chi connectivity index (χ0n) is 27.3. The average molecular weight is 657 g/mol. The van der Waals surface area contributed by atoms with Crippen LogP contribution in [0, 0.1) is 18.7 Å². The third kappa shape index (κ3) is 11.7. The van der Waals surface area contributed by atoms with Crippen LogP contribution in [0.2, 0.25) is 0 Å². The second kappa shape index (κ2) is 18.1. The molecule has 2 aliphatic rings. The maximum Gasteiger partial charge on any atom is 0.433 e. The molecule has 0 saturated heterocycles. The molecule has 0 bridgehead atoms. The molecular formula is C36H44F4N4O3. The van der Waals surface area contributed by atoms with Crippen molar-refractivity contribution in [2.24, 2.45) is 11.7 Å². The number of amides is 2. The number of pyridine rings is 2. The van der Waals surface area contributed by atoms with Crippen molar-refractivity contribution >= 4 is 23.2 Å². The van der Waals surface area contributed by atoms with Crippen LogP contribution in [-0.4, -0.2) is 34.3 Å². The van der Waals surface area contributed by atoms with Crippen LogP contribution in [-0.2, 0) is 23.8 Å². The fourth-order valence-electron chi connectivity index (χ4n) is 4.86. The third-order valence-corrected chi connectivity index (χ3v) is 7.23. The lowest BCUT2D eigenvalue weighted by molar-refractivity contribution is -0.141. The van der Waals surface area contributed by atoms with Crippen LogP contribution in [0.25, 0.3) is 22.2 Å². The Kier molecular flexibility index (Phi) is 14.9. The van der Waals surface area contributed by atoms with Gasteiger partial charge in [0.2, 0.25) is 6.41 Å². The highest BCUT2D eigenvalue weighted by Gasteiger charge is 2.32. The Bertz CT molecular complexity index is 1620. The molecule has 47 heavy (non-hydrogen) atoms. The van der Waals surface area contributed by atoms with Crippen LogP contribution in [0.1, 0.15) is 91.3 Å². The van der Waals surface area contributed by atoms with Gasteiger partial charge in [0.05, 0.1) is 11.2 Å². The van der Waals surface area contributed by atoms with Crippen molar-refractivity contribution in [3.63, 3.8) is 0 Å². The molecule has 5 N–H and O–H groups in total. The van der Waals surface area contributed by atoms with Gasteiger partial charge in [0.25, 0.3) is 5.91 Å². The van der Waals surface area contributed by atoms with Gasteiger partial charge in [0.15, 0.2) is 0 Å². The zero-order valence-corrected chi connectivity index (χ0v) is 27.3. The molecule has 2 amide bonds. The number of benzene rings is 2. The van der Waals surface area contributed by atoms with E-state index in [0.29, 0.717) is 29.5 Å². The number of aromatic nitrogens is 2. The highest BCUT2D eigenvalue weighted by Crippen LogP contribution is 2.37. The summed E-state index contributed by atoms with van der Waals surface area (Å²) < 4.78 is 52.1. The van der Waals surface area contributed by atoms with E-state index in [2.05, 4.69) is 36.8 Å². The minimum absolute atomic E-state index is 0. The first-order valence-corrected chi connectivity index (χ1v) is 15.6. The molecule has 0 radical (unpaired) electrons. The largest absolute Gasteiger partial charge is 0.433 e. The summed E-state index contributed by atoms with van der Waals surface area (Å²) in [6.07, 6.45) is 4.26. The number of nitrogens with one attached hydrogen (secondary N) is 1. The number of halogens is 4. The Labute approximate surface area is 273 Å². The van der Waals surface area contributed by atoms with E-state index in [0.717, 1.165) is 40.9 Å². The summed E-state index contributed by atoms with van der Waals surface area (Å²) in [6.45, 7) is 8.49. The first-order valence-electron chi connectivity index (χ1n) is 15.6. The molecule has 6 rings (SSSR count). The summed E-state index contributed by atoms with van der Waals surface area (Å²) in [5, 5.41) is 3.32. The first kappa shape index (κ1) is 38.8. The molecule has 7 nitrogen and oxygen atoms in total. The van der Waals surface area contributed by atoms with Crippen LogP contribution in [0.15, 0.2) is 54.6 Å². The molecule has 1 fully saturated rings. The van der Waals surface area contributed by atoms with Crippen molar-refractivity contribution in [1.82, 2.24) is 15.3 Å². The molecule has 2 aromatic carbocycles. The first-order chi connectivity index (χ1) is 21.9.